The lowest BCUT2D eigenvalue weighted by atomic mass is 9.97. The molecule has 0 spiro atoms. The van der Waals surface area contributed by atoms with Crippen LogP contribution < -0.4 is 11.1 Å². The molecule has 1 amide bonds. The van der Waals surface area contributed by atoms with Crippen molar-refractivity contribution < 1.29 is 19.1 Å². The second-order valence-electron chi connectivity index (χ2n) is 7.29. The Labute approximate surface area is 174 Å². The van der Waals surface area contributed by atoms with Crippen molar-refractivity contribution in [2.24, 2.45) is 5.73 Å². The number of nitrogens with two attached hydrogens (primary N) is 1. The maximum absolute atomic E-state index is 12.8. The third kappa shape index (κ3) is 8.59. The number of carbonyl (C=O) groups is 2. The Kier molecular flexibility index (Phi) is 10.9. The lowest BCUT2D eigenvalue weighted by Gasteiger charge is -2.25. The number of nitrogens with one attached hydrogen (secondary N) is 1. The van der Waals surface area contributed by atoms with Crippen LogP contribution in [0.2, 0.25) is 0 Å². The van der Waals surface area contributed by atoms with Gasteiger partial charge in [0, 0.05) is 5.70 Å². The topological polar surface area (TPSA) is 90.7 Å². The lowest BCUT2D eigenvalue weighted by molar-refractivity contribution is -0.112. The van der Waals surface area contributed by atoms with E-state index in [0.717, 1.165) is 30.6 Å². The Morgan fingerprint density at radius 2 is 1.69 bits per heavy atom. The van der Waals surface area contributed by atoms with Gasteiger partial charge in [0.05, 0.1) is 12.7 Å². The summed E-state index contributed by atoms with van der Waals surface area (Å²) >= 11 is 0. The van der Waals surface area contributed by atoms with Gasteiger partial charge in [-0.15, -0.1) is 0 Å². The molecule has 1 rings (SSSR count). The number of amides is 1. The van der Waals surface area contributed by atoms with Crippen molar-refractivity contribution in [3.63, 3.8) is 0 Å². The van der Waals surface area contributed by atoms with Gasteiger partial charge in [0.1, 0.15) is 11.5 Å². The first-order valence-electron chi connectivity index (χ1n) is 10.5. The summed E-state index contributed by atoms with van der Waals surface area (Å²) in [7, 11) is 0. The SMILES string of the molecule is CC/C=C(C)/C(=C\C=C(/C)C(=O)/C(NC(=O)OCC)=C(/C)N)OC1CCCCC1. The van der Waals surface area contributed by atoms with E-state index in [1.54, 1.807) is 26.8 Å². The van der Waals surface area contributed by atoms with Gasteiger partial charge in [-0.3, -0.25) is 10.1 Å². The molecule has 29 heavy (non-hydrogen) atoms. The van der Waals surface area contributed by atoms with Gasteiger partial charge in [-0.25, -0.2) is 4.79 Å². The van der Waals surface area contributed by atoms with Gasteiger partial charge in [-0.2, -0.15) is 0 Å². The molecule has 0 bridgehead atoms. The molecule has 1 aliphatic rings. The molecule has 0 aromatic rings. The second-order valence-corrected chi connectivity index (χ2v) is 7.29. The number of ketones is 1. The maximum Gasteiger partial charge on any atom is 0.411 e. The average Bonchev–Trinajstić information content (AvgIpc) is 2.69. The van der Waals surface area contributed by atoms with Crippen LogP contribution in [0.5, 0.6) is 0 Å². The van der Waals surface area contributed by atoms with Crippen molar-refractivity contribution in [1.82, 2.24) is 5.32 Å². The Bertz CT molecular complexity index is 692. The number of alkyl carbamates (subject to hydrolysis) is 1. The Morgan fingerprint density at radius 1 is 1.03 bits per heavy atom. The zero-order chi connectivity index (χ0) is 21.8. The molecule has 0 saturated heterocycles. The summed E-state index contributed by atoms with van der Waals surface area (Å²) in [5.41, 5.74) is 7.54. The van der Waals surface area contributed by atoms with Crippen molar-refractivity contribution in [2.75, 3.05) is 6.61 Å². The molecule has 6 nitrogen and oxygen atoms in total. The van der Waals surface area contributed by atoms with Crippen LogP contribution in [-0.4, -0.2) is 24.6 Å². The first kappa shape index (κ1) is 24.5. The summed E-state index contributed by atoms with van der Waals surface area (Å²) in [6.45, 7) is 9.24. The van der Waals surface area contributed by atoms with Gasteiger partial charge in [-0.05, 0) is 77.0 Å². The number of rotatable bonds is 9. The quantitative estimate of drug-likeness (QED) is 0.320. The highest BCUT2D eigenvalue weighted by atomic mass is 16.5. The number of hydrogen-bond donors (Lipinski definition) is 2. The lowest BCUT2D eigenvalue weighted by Crippen LogP contribution is -2.31. The van der Waals surface area contributed by atoms with E-state index >= 15 is 0 Å². The Morgan fingerprint density at radius 3 is 2.24 bits per heavy atom. The van der Waals surface area contributed by atoms with E-state index in [-0.39, 0.29) is 29.9 Å². The highest BCUT2D eigenvalue weighted by molar-refractivity contribution is 6.09. The molecular weight excluding hydrogens is 368 g/mol. The van der Waals surface area contributed by atoms with Crippen LogP contribution in [0.1, 0.15) is 73.1 Å². The van der Waals surface area contributed by atoms with E-state index in [0.29, 0.717) is 5.57 Å². The van der Waals surface area contributed by atoms with Crippen LogP contribution in [0.4, 0.5) is 4.79 Å². The molecule has 1 saturated carbocycles. The summed E-state index contributed by atoms with van der Waals surface area (Å²) in [4.78, 5) is 24.5. The van der Waals surface area contributed by atoms with Crippen LogP contribution >= 0.6 is 0 Å². The molecule has 0 atom stereocenters. The zero-order valence-corrected chi connectivity index (χ0v) is 18.5. The van der Waals surface area contributed by atoms with Crippen LogP contribution in [0, 0.1) is 0 Å². The predicted molar refractivity (Wildman–Crippen MR) is 116 cm³/mol. The number of Topliss-reactive ketones (excluding diaryl/α,β-unsaturated/α-hetero) is 1. The summed E-state index contributed by atoms with van der Waals surface area (Å²) in [5.74, 6) is 0.419. The van der Waals surface area contributed by atoms with Gasteiger partial charge in [-0.1, -0.05) is 25.5 Å². The molecule has 0 aromatic heterocycles. The molecule has 0 unspecified atom stereocenters. The number of hydrogen-bond acceptors (Lipinski definition) is 5. The highest BCUT2D eigenvalue weighted by Gasteiger charge is 2.18. The van der Waals surface area contributed by atoms with Crippen molar-refractivity contribution in [2.45, 2.75) is 79.2 Å². The van der Waals surface area contributed by atoms with E-state index in [4.69, 9.17) is 15.2 Å². The van der Waals surface area contributed by atoms with Crippen molar-refractivity contribution in [1.29, 1.82) is 0 Å². The largest absolute Gasteiger partial charge is 0.490 e. The fourth-order valence-corrected chi connectivity index (χ4v) is 3.11. The number of ether oxygens (including phenoxy) is 2. The van der Waals surface area contributed by atoms with E-state index in [1.165, 1.54) is 19.3 Å². The van der Waals surface area contributed by atoms with Crippen molar-refractivity contribution in [3.05, 3.63) is 46.5 Å². The van der Waals surface area contributed by atoms with Crippen LogP contribution in [0.25, 0.3) is 0 Å². The van der Waals surface area contributed by atoms with Crippen molar-refractivity contribution >= 4 is 11.9 Å². The smallest absolute Gasteiger partial charge is 0.411 e. The third-order valence-electron chi connectivity index (χ3n) is 4.71. The minimum Gasteiger partial charge on any atom is -0.490 e. The van der Waals surface area contributed by atoms with Gasteiger partial charge in [0.25, 0.3) is 0 Å². The summed E-state index contributed by atoms with van der Waals surface area (Å²) < 4.78 is 11.1. The highest BCUT2D eigenvalue weighted by Crippen LogP contribution is 2.25. The summed E-state index contributed by atoms with van der Waals surface area (Å²) in [5, 5.41) is 2.43. The van der Waals surface area contributed by atoms with Crippen LogP contribution in [0.15, 0.2) is 46.5 Å². The van der Waals surface area contributed by atoms with Gasteiger partial charge >= 0.3 is 6.09 Å². The normalized spacial score (nSPS) is 17.5. The molecular formula is C23H36N2O4. The molecule has 1 fully saturated rings. The molecule has 162 valence electrons. The minimum absolute atomic E-state index is 0.0289. The molecule has 0 radical (unpaired) electrons. The Balaban J connectivity index is 3.04. The van der Waals surface area contributed by atoms with E-state index < -0.39 is 6.09 Å². The molecule has 0 heterocycles. The van der Waals surface area contributed by atoms with Crippen LogP contribution in [-0.2, 0) is 14.3 Å². The van der Waals surface area contributed by atoms with E-state index in [2.05, 4.69) is 18.3 Å². The minimum atomic E-state index is -0.702. The molecule has 0 aliphatic heterocycles. The number of allylic oxidation sites excluding steroid dienone is 6. The molecule has 1 aliphatic carbocycles. The maximum atomic E-state index is 12.8. The van der Waals surface area contributed by atoms with Crippen LogP contribution in [0.3, 0.4) is 0 Å². The zero-order valence-electron chi connectivity index (χ0n) is 18.5. The van der Waals surface area contributed by atoms with Crippen molar-refractivity contribution in [3.8, 4) is 0 Å². The predicted octanol–water partition coefficient (Wildman–Crippen LogP) is 5.03. The van der Waals surface area contributed by atoms with E-state index in [1.807, 2.05) is 13.0 Å². The monoisotopic (exact) mass is 404 g/mol. The fraction of sp³-hybridized carbons (Fsp3) is 0.565. The third-order valence-corrected chi connectivity index (χ3v) is 4.71. The number of carbonyl (C=O) groups excluding carboxylic acids is 2. The molecule has 6 heteroatoms. The first-order valence-corrected chi connectivity index (χ1v) is 10.5. The Hall–Kier alpha value is -2.50. The standard InChI is InChI=1S/C23H36N2O4/c1-6-11-16(3)20(29-19-12-9-8-10-13-19)15-14-17(4)22(26)21(18(5)24)25-23(27)28-7-2/h11,14-15,19H,6-10,12-13,24H2,1-5H3,(H,25,27)/b16-11+,17-14+,20-15+,21-18+. The summed E-state index contributed by atoms with van der Waals surface area (Å²) in [6.07, 6.45) is 11.8. The van der Waals surface area contributed by atoms with E-state index in [9.17, 15) is 9.59 Å². The van der Waals surface area contributed by atoms with Gasteiger partial charge in [0.15, 0.2) is 0 Å². The van der Waals surface area contributed by atoms with Gasteiger partial charge in [0.2, 0.25) is 5.78 Å². The second kappa shape index (κ2) is 12.9. The first-order chi connectivity index (χ1) is 13.8. The molecule has 3 N–H and O–H groups in total. The summed E-state index contributed by atoms with van der Waals surface area (Å²) in [6, 6.07) is 0. The fourth-order valence-electron chi connectivity index (χ4n) is 3.11. The van der Waals surface area contributed by atoms with Gasteiger partial charge < -0.3 is 15.2 Å². The average molecular weight is 405 g/mol. The molecule has 0 aromatic carbocycles.